The molecule has 2 aromatic rings. The number of hydrogen-bond donors (Lipinski definition) is 4. The van der Waals surface area contributed by atoms with Crippen molar-refractivity contribution in [2.45, 2.75) is 78.3 Å². The van der Waals surface area contributed by atoms with Gasteiger partial charge in [0.25, 0.3) is 5.91 Å². The van der Waals surface area contributed by atoms with Crippen molar-refractivity contribution < 1.29 is 24.6 Å². The molecule has 8 nitrogen and oxygen atoms in total. The van der Waals surface area contributed by atoms with Crippen LogP contribution < -0.4 is 10.6 Å². The summed E-state index contributed by atoms with van der Waals surface area (Å²) in [5.41, 5.74) is 3.68. The molecule has 0 spiro atoms. The van der Waals surface area contributed by atoms with Crippen LogP contribution in [0, 0.1) is 29.1 Å². The number of carbonyl (C=O) groups excluding carboxylic acids is 2. The topological polar surface area (TPSA) is 111 Å². The van der Waals surface area contributed by atoms with Crippen LogP contribution in [0.3, 0.4) is 0 Å². The van der Waals surface area contributed by atoms with Gasteiger partial charge in [0.2, 0.25) is 5.91 Å². The first-order valence-electron chi connectivity index (χ1n) is 15.0. The van der Waals surface area contributed by atoms with Crippen molar-refractivity contribution in [1.29, 1.82) is 0 Å². The highest BCUT2D eigenvalue weighted by Crippen LogP contribution is 2.61. The smallest absolute Gasteiger partial charge is 0.251 e. The number of rotatable bonds is 9. The summed E-state index contributed by atoms with van der Waals surface area (Å²) in [5.74, 6) is 0.735. The van der Waals surface area contributed by atoms with E-state index in [2.05, 4.69) is 31.4 Å². The third kappa shape index (κ3) is 5.67. The Hall–Kier alpha value is -2.78. The van der Waals surface area contributed by atoms with E-state index < -0.39 is 24.2 Å². The summed E-state index contributed by atoms with van der Waals surface area (Å²) in [6, 6.07) is 14.8. The van der Waals surface area contributed by atoms with Crippen LogP contribution in [-0.4, -0.2) is 64.5 Å². The van der Waals surface area contributed by atoms with Crippen LogP contribution >= 0.6 is 0 Å². The van der Waals surface area contributed by atoms with E-state index in [4.69, 9.17) is 4.84 Å². The zero-order valence-electron chi connectivity index (χ0n) is 24.8. The first-order valence-corrected chi connectivity index (χ1v) is 15.0. The summed E-state index contributed by atoms with van der Waals surface area (Å²) in [4.78, 5) is 32.4. The van der Waals surface area contributed by atoms with Gasteiger partial charge in [0.05, 0.1) is 19.3 Å². The second-order valence-electron chi connectivity index (χ2n) is 12.9. The quantitative estimate of drug-likeness (QED) is 0.370. The van der Waals surface area contributed by atoms with Crippen molar-refractivity contribution in [3.05, 3.63) is 59.7 Å². The van der Waals surface area contributed by atoms with E-state index in [1.54, 1.807) is 18.1 Å². The Morgan fingerprint density at radius 1 is 1.12 bits per heavy atom. The van der Waals surface area contributed by atoms with E-state index in [0.717, 1.165) is 23.1 Å². The first kappa shape index (κ1) is 29.7. The van der Waals surface area contributed by atoms with Gasteiger partial charge in [0.15, 0.2) is 0 Å². The van der Waals surface area contributed by atoms with Crippen LogP contribution in [0.25, 0.3) is 11.1 Å². The highest BCUT2D eigenvalue weighted by atomic mass is 16.7. The molecule has 4 fully saturated rings. The third-order valence-corrected chi connectivity index (χ3v) is 10.1. The molecular weight excluding hydrogens is 518 g/mol. The van der Waals surface area contributed by atoms with Crippen molar-refractivity contribution in [2.75, 3.05) is 13.2 Å². The molecule has 1 aliphatic heterocycles. The highest BCUT2D eigenvalue weighted by molar-refractivity contribution is 5.95. The number of hydroxylamine groups is 2. The molecule has 3 saturated carbocycles. The molecule has 2 amide bonds. The summed E-state index contributed by atoms with van der Waals surface area (Å²) < 4.78 is 0. The number of aliphatic hydroxyl groups is 2. The van der Waals surface area contributed by atoms with Crippen molar-refractivity contribution in [3.8, 4) is 11.1 Å². The lowest BCUT2D eigenvalue weighted by Crippen LogP contribution is -2.62. The predicted molar refractivity (Wildman–Crippen MR) is 157 cm³/mol. The second kappa shape index (κ2) is 11.8. The van der Waals surface area contributed by atoms with E-state index in [0.29, 0.717) is 41.8 Å². The summed E-state index contributed by atoms with van der Waals surface area (Å²) >= 11 is 0. The Kier molecular flexibility index (Phi) is 8.58. The van der Waals surface area contributed by atoms with Crippen molar-refractivity contribution >= 4 is 11.8 Å². The zero-order valence-corrected chi connectivity index (χ0v) is 24.8. The molecule has 4 N–H and O–H groups in total. The molecule has 41 heavy (non-hydrogen) atoms. The molecule has 8 atom stereocenters. The Balaban J connectivity index is 1.36. The molecule has 0 radical (unpaired) electrons. The maximum absolute atomic E-state index is 13.9. The van der Waals surface area contributed by atoms with Crippen LogP contribution in [0.5, 0.6) is 0 Å². The van der Waals surface area contributed by atoms with Crippen molar-refractivity contribution in [3.63, 3.8) is 0 Å². The van der Waals surface area contributed by atoms with Crippen molar-refractivity contribution in [1.82, 2.24) is 15.7 Å². The Morgan fingerprint density at radius 2 is 1.83 bits per heavy atom. The summed E-state index contributed by atoms with van der Waals surface area (Å²) in [6.07, 6.45) is 0.667. The van der Waals surface area contributed by atoms with Gasteiger partial charge < -0.3 is 20.8 Å². The van der Waals surface area contributed by atoms with E-state index in [1.165, 1.54) is 6.42 Å². The van der Waals surface area contributed by atoms with Gasteiger partial charge in [-0.3, -0.25) is 14.4 Å². The number of fused-ring (bicyclic) bond motifs is 2. The number of aliphatic hydroxyl groups excluding tert-OH is 2. The minimum Gasteiger partial charge on any atom is -0.394 e. The van der Waals surface area contributed by atoms with Crippen LogP contribution in [-0.2, 0) is 16.2 Å². The summed E-state index contributed by atoms with van der Waals surface area (Å²) in [5, 5.41) is 28.6. The number of benzene rings is 2. The van der Waals surface area contributed by atoms with E-state index in [-0.39, 0.29) is 24.5 Å². The van der Waals surface area contributed by atoms with E-state index in [9.17, 15) is 19.8 Å². The van der Waals surface area contributed by atoms with Gasteiger partial charge in [-0.15, -0.1) is 0 Å². The molecule has 222 valence electrons. The fourth-order valence-electron chi connectivity index (χ4n) is 7.62. The van der Waals surface area contributed by atoms with Gasteiger partial charge >= 0.3 is 0 Å². The van der Waals surface area contributed by atoms with Crippen LogP contribution in [0.15, 0.2) is 48.5 Å². The van der Waals surface area contributed by atoms with Crippen molar-refractivity contribution in [2.24, 2.45) is 29.1 Å². The Morgan fingerprint density at radius 3 is 2.46 bits per heavy atom. The Labute approximate surface area is 243 Å². The fraction of sp³-hybridized carbons (Fsp3) is 0.576. The summed E-state index contributed by atoms with van der Waals surface area (Å²) in [7, 11) is 0. The molecule has 6 rings (SSSR count). The minimum atomic E-state index is -0.840. The highest BCUT2D eigenvalue weighted by Gasteiger charge is 2.57. The first-order chi connectivity index (χ1) is 19.5. The van der Waals surface area contributed by atoms with E-state index in [1.807, 2.05) is 49.4 Å². The fourth-order valence-corrected chi connectivity index (χ4v) is 7.62. The summed E-state index contributed by atoms with van der Waals surface area (Å²) in [6.45, 7) is 11.0. The average Bonchev–Trinajstić information content (AvgIpc) is 3.32. The van der Waals surface area contributed by atoms with Gasteiger partial charge in [-0.2, -0.15) is 5.06 Å². The molecule has 2 bridgehead atoms. The monoisotopic (exact) mass is 563 g/mol. The standard InChI is InChI=1S/C33H45N3O5/c1-6-34-31(39)24-12-8-11-23(14-24)22-10-7-9-21(13-22)17-36-30(29(20(3)38)28(18-37)41-36)32(40)35-27-16-25-15-26(19(27)2)33(25,4)5/h7-14,19-20,25-30,37-38H,6,15-18H2,1-5H3,(H,34,39)(H,35,40)/t19-,20-,25-,26+,27-,28-,29+,30-/m0/s1. The molecule has 0 aromatic heterocycles. The number of carbonyl (C=O) groups is 2. The van der Waals surface area contributed by atoms with Gasteiger partial charge in [-0.25, -0.2) is 0 Å². The molecule has 4 aliphatic rings. The molecule has 8 heteroatoms. The average molecular weight is 564 g/mol. The molecule has 0 unspecified atom stereocenters. The molecule has 2 aromatic carbocycles. The SMILES string of the molecule is CCNC(=O)c1cccc(-c2cccc(CN3O[C@@H](CO)[C@@H]([C@H](C)O)[C@H]3C(=O)N[C@H]3C[C@@H]4C[C@H]([C@@H]3C)C4(C)C)c2)c1. The van der Waals surface area contributed by atoms with Gasteiger partial charge in [-0.1, -0.05) is 51.1 Å². The lowest BCUT2D eigenvalue weighted by molar-refractivity contribution is -0.183. The maximum atomic E-state index is 13.9. The van der Waals surface area contributed by atoms with Gasteiger partial charge in [0, 0.05) is 24.1 Å². The largest absolute Gasteiger partial charge is 0.394 e. The number of nitrogens with zero attached hydrogens (tertiary/aromatic N) is 1. The van der Waals surface area contributed by atoms with Crippen LogP contribution in [0.1, 0.15) is 63.4 Å². The second-order valence-corrected chi connectivity index (χ2v) is 12.9. The van der Waals surface area contributed by atoms with Gasteiger partial charge in [0.1, 0.15) is 12.1 Å². The lowest BCUT2D eigenvalue weighted by atomic mass is 9.45. The number of nitrogens with one attached hydrogen (secondary N) is 2. The van der Waals surface area contributed by atoms with Gasteiger partial charge in [-0.05, 0) is 84.7 Å². The number of amides is 2. The predicted octanol–water partition coefficient (Wildman–Crippen LogP) is 3.76. The maximum Gasteiger partial charge on any atom is 0.251 e. The van der Waals surface area contributed by atoms with Crippen LogP contribution in [0.4, 0.5) is 0 Å². The Bertz CT molecular complexity index is 1260. The molecule has 1 saturated heterocycles. The molecular formula is C33H45N3O5. The number of hydrogen-bond acceptors (Lipinski definition) is 6. The molecule has 1 heterocycles. The van der Waals surface area contributed by atoms with E-state index >= 15 is 0 Å². The molecule has 3 aliphatic carbocycles. The normalized spacial score (nSPS) is 31.2. The van der Waals surface area contributed by atoms with Crippen LogP contribution in [0.2, 0.25) is 0 Å². The zero-order chi connectivity index (χ0) is 29.5. The minimum absolute atomic E-state index is 0.0875. The third-order valence-electron chi connectivity index (χ3n) is 10.1. The lowest BCUT2D eigenvalue weighted by Gasteiger charge is -2.62.